The van der Waals surface area contributed by atoms with Gasteiger partial charge in [0.25, 0.3) is 10.0 Å². The minimum atomic E-state index is -3.74. The minimum absolute atomic E-state index is 0.168. The maximum Gasteiger partial charge on any atom is 0.285 e. The third-order valence-electron chi connectivity index (χ3n) is 3.13. The molecule has 4 nitrogen and oxygen atoms in total. The zero-order chi connectivity index (χ0) is 14.2. The molecular weight excluding hydrogens is 274 g/mol. The molecule has 0 amide bonds. The molecule has 1 heterocycles. The molecule has 0 atom stereocenters. The van der Waals surface area contributed by atoms with Crippen molar-refractivity contribution < 1.29 is 13.2 Å². The molecule has 1 aliphatic heterocycles. The Labute approximate surface area is 117 Å². The second-order valence-corrected chi connectivity index (χ2v) is 6.23. The van der Waals surface area contributed by atoms with Crippen molar-refractivity contribution in [2.45, 2.75) is 18.4 Å². The molecule has 5 heteroatoms. The van der Waals surface area contributed by atoms with Crippen molar-refractivity contribution in [2.75, 3.05) is 0 Å². The van der Waals surface area contributed by atoms with Gasteiger partial charge in [0.05, 0.1) is 4.90 Å². The highest BCUT2D eigenvalue weighted by atomic mass is 32.2. The second-order valence-electron chi connectivity index (χ2n) is 4.63. The SMILES string of the molecule is Cc1ccc(S(=O)(=O)/N=C2/OCc3ccccc32)cc1. The Hall–Kier alpha value is -2.14. The van der Waals surface area contributed by atoms with E-state index in [9.17, 15) is 8.42 Å². The van der Waals surface area contributed by atoms with Crippen LogP contribution in [-0.2, 0) is 21.4 Å². The van der Waals surface area contributed by atoms with E-state index in [0.717, 1.165) is 16.7 Å². The third-order valence-corrected chi connectivity index (χ3v) is 4.41. The summed E-state index contributed by atoms with van der Waals surface area (Å²) in [6.07, 6.45) is 0. The average Bonchev–Trinajstić information content (AvgIpc) is 2.82. The molecule has 102 valence electrons. The Bertz CT molecular complexity index is 777. The third kappa shape index (κ3) is 2.32. The number of hydrogen-bond acceptors (Lipinski definition) is 3. The number of sulfonamides is 1. The molecule has 0 bridgehead atoms. The van der Waals surface area contributed by atoms with Gasteiger partial charge in [0.1, 0.15) is 6.61 Å². The van der Waals surface area contributed by atoms with Crippen molar-refractivity contribution in [3.63, 3.8) is 0 Å². The first-order valence-corrected chi connectivity index (χ1v) is 7.63. The van der Waals surface area contributed by atoms with Crippen molar-refractivity contribution in [1.29, 1.82) is 0 Å². The number of fused-ring (bicyclic) bond motifs is 1. The maximum absolute atomic E-state index is 12.2. The van der Waals surface area contributed by atoms with Gasteiger partial charge >= 0.3 is 0 Å². The van der Waals surface area contributed by atoms with Crippen LogP contribution >= 0.6 is 0 Å². The lowest BCUT2D eigenvalue weighted by Crippen LogP contribution is -2.05. The van der Waals surface area contributed by atoms with Crippen LogP contribution in [0.2, 0.25) is 0 Å². The van der Waals surface area contributed by atoms with Crippen LogP contribution in [-0.4, -0.2) is 14.3 Å². The predicted molar refractivity (Wildman–Crippen MR) is 76.1 cm³/mol. The number of benzene rings is 2. The fourth-order valence-corrected chi connectivity index (χ4v) is 2.98. The zero-order valence-corrected chi connectivity index (χ0v) is 11.7. The quantitative estimate of drug-likeness (QED) is 0.853. The fraction of sp³-hybridized carbons (Fsp3) is 0.133. The van der Waals surface area contributed by atoms with E-state index in [-0.39, 0.29) is 10.8 Å². The lowest BCUT2D eigenvalue weighted by atomic mass is 10.1. The summed E-state index contributed by atoms with van der Waals surface area (Å²) in [6, 6.07) is 14.0. The van der Waals surface area contributed by atoms with Crippen LogP contribution in [0.25, 0.3) is 0 Å². The number of rotatable bonds is 2. The van der Waals surface area contributed by atoms with E-state index in [1.165, 1.54) is 0 Å². The molecule has 0 aliphatic carbocycles. The Balaban J connectivity index is 2.02. The molecule has 0 fully saturated rings. The monoisotopic (exact) mass is 287 g/mol. The first kappa shape index (κ1) is 12.9. The molecule has 1 aliphatic rings. The number of hydrogen-bond donors (Lipinski definition) is 0. The molecule has 0 saturated carbocycles. The summed E-state index contributed by atoms with van der Waals surface area (Å²) in [5.74, 6) is 0.168. The van der Waals surface area contributed by atoms with Gasteiger partial charge in [-0.25, -0.2) is 0 Å². The van der Waals surface area contributed by atoms with Gasteiger partial charge < -0.3 is 4.74 Å². The van der Waals surface area contributed by atoms with Crippen molar-refractivity contribution in [1.82, 2.24) is 0 Å². The summed E-state index contributed by atoms with van der Waals surface area (Å²) in [7, 11) is -3.74. The van der Waals surface area contributed by atoms with Crippen molar-refractivity contribution in [3.8, 4) is 0 Å². The molecule has 2 aromatic rings. The molecule has 20 heavy (non-hydrogen) atoms. The van der Waals surface area contributed by atoms with Crippen molar-refractivity contribution in [3.05, 3.63) is 65.2 Å². The van der Waals surface area contributed by atoms with Gasteiger partial charge in [0.2, 0.25) is 5.90 Å². The average molecular weight is 287 g/mol. The Morgan fingerprint density at radius 3 is 2.50 bits per heavy atom. The standard InChI is InChI=1S/C15H13NO3S/c1-11-6-8-13(9-7-11)20(17,18)16-15-14-5-3-2-4-12(14)10-19-15/h2-9H,10H2,1H3/b16-15+. The fourth-order valence-electron chi connectivity index (χ4n) is 2.03. The maximum atomic E-state index is 12.2. The topological polar surface area (TPSA) is 55.7 Å². The van der Waals surface area contributed by atoms with Crippen LogP contribution in [0.15, 0.2) is 57.8 Å². The van der Waals surface area contributed by atoms with Crippen LogP contribution in [0.1, 0.15) is 16.7 Å². The summed E-state index contributed by atoms with van der Waals surface area (Å²) in [4.78, 5) is 0.170. The van der Waals surface area contributed by atoms with Gasteiger partial charge in [-0.1, -0.05) is 35.9 Å². The van der Waals surface area contributed by atoms with Crippen LogP contribution < -0.4 is 0 Å². The Kier molecular flexibility index (Phi) is 3.06. The highest BCUT2D eigenvalue weighted by Gasteiger charge is 2.22. The summed E-state index contributed by atoms with van der Waals surface area (Å²) in [5, 5.41) is 0. The predicted octanol–water partition coefficient (Wildman–Crippen LogP) is 2.66. The largest absolute Gasteiger partial charge is 0.472 e. The van der Waals surface area contributed by atoms with Gasteiger partial charge in [-0.05, 0) is 25.1 Å². The van der Waals surface area contributed by atoms with Gasteiger partial charge in [-0.2, -0.15) is 8.42 Å². The van der Waals surface area contributed by atoms with E-state index in [2.05, 4.69) is 4.40 Å². The first-order valence-electron chi connectivity index (χ1n) is 6.19. The lowest BCUT2D eigenvalue weighted by molar-refractivity contribution is 0.313. The van der Waals surface area contributed by atoms with Gasteiger partial charge in [0, 0.05) is 11.1 Å². The first-order chi connectivity index (χ1) is 9.56. The molecule has 3 rings (SSSR count). The van der Waals surface area contributed by atoms with Crippen LogP contribution in [0.4, 0.5) is 0 Å². The summed E-state index contributed by atoms with van der Waals surface area (Å²) < 4.78 is 33.7. The van der Waals surface area contributed by atoms with Crippen LogP contribution in [0.5, 0.6) is 0 Å². The molecular formula is C15H13NO3S. The van der Waals surface area contributed by atoms with Gasteiger partial charge in [0.15, 0.2) is 0 Å². The van der Waals surface area contributed by atoms with Crippen LogP contribution in [0.3, 0.4) is 0 Å². The molecule has 2 aromatic carbocycles. The normalized spacial score (nSPS) is 15.9. The lowest BCUT2D eigenvalue weighted by Gasteiger charge is -2.02. The van der Waals surface area contributed by atoms with E-state index in [4.69, 9.17) is 4.74 Å². The van der Waals surface area contributed by atoms with Gasteiger partial charge in [-0.15, -0.1) is 4.40 Å². The Morgan fingerprint density at radius 1 is 1.05 bits per heavy atom. The highest BCUT2D eigenvalue weighted by molar-refractivity contribution is 7.90. The molecule has 0 N–H and O–H groups in total. The summed E-state index contributed by atoms with van der Waals surface area (Å²) in [6.45, 7) is 2.26. The zero-order valence-electron chi connectivity index (χ0n) is 10.9. The molecule has 0 saturated heterocycles. The smallest absolute Gasteiger partial charge is 0.285 e. The number of aryl methyl sites for hydroxylation is 1. The van der Waals surface area contributed by atoms with Crippen molar-refractivity contribution >= 4 is 15.9 Å². The van der Waals surface area contributed by atoms with E-state index >= 15 is 0 Å². The summed E-state index contributed by atoms with van der Waals surface area (Å²) in [5.41, 5.74) is 2.69. The molecule has 0 spiro atoms. The van der Waals surface area contributed by atoms with E-state index < -0.39 is 10.0 Å². The molecule has 0 aromatic heterocycles. The number of ether oxygens (including phenoxy) is 1. The Morgan fingerprint density at radius 2 is 1.75 bits per heavy atom. The van der Waals surface area contributed by atoms with Gasteiger partial charge in [-0.3, -0.25) is 0 Å². The molecule has 0 radical (unpaired) electrons. The van der Waals surface area contributed by atoms with E-state index in [1.807, 2.05) is 31.2 Å². The van der Waals surface area contributed by atoms with E-state index in [1.54, 1.807) is 24.3 Å². The highest BCUT2D eigenvalue weighted by Crippen LogP contribution is 2.22. The minimum Gasteiger partial charge on any atom is -0.472 e. The number of nitrogens with zero attached hydrogens (tertiary/aromatic N) is 1. The van der Waals surface area contributed by atoms with E-state index in [0.29, 0.717) is 6.61 Å². The van der Waals surface area contributed by atoms with Crippen molar-refractivity contribution in [2.24, 2.45) is 4.40 Å². The molecule has 0 unspecified atom stereocenters. The van der Waals surface area contributed by atoms with Crippen LogP contribution in [0, 0.1) is 6.92 Å². The second kappa shape index (κ2) is 4.76. The summed E-state index contributed by atoms with van der Waals surface area (Å²) >= 11 is 0.